The van der Waals surface area contributed by atoms with Gasteiger partial charge in [-0.15, -0.1) is 11.8 Å². The number of thioether (sulfide) groups is 1. The number of amides is 2. The van der Waals surface area contributed by atoms with E-state index in [-0.39, 0.29) is 30.1 Å². The van der Waals surface area contributed by atoms with Crippen LogP contribution in [0.25, 0.3) is 0 Å². The van der Waals surface area contributed by atoms with E-state index in [1.807, 2.05) is 35.4 Å². The topological polar surface area (TPSA) is 61.4 Å². The Morgan fingerprint density at radius 1 is 1.07 bits per heavy atom. The van der Waals surface area contributed by atoms with Gasteiger partial charge in [0.2, 0.25) is 11.8 Å². The molecule has 0 aromatic heterocycles. The smallest absolute Gasteiger partial charge is 0.238 e. The van der Waals surface area contributed by atoms with Crippen LogP contribution >= 0.6 is 11.8 Å². The second-order valence-corrected chi connectivity index (χ2v) is 7.64. The molecule has 0 aliphatic carbocycles. The van der Waals surface area contributed by atoms with Gasteiger partial charge in [-0.3, -0.25) is 14.5 Å². The Kier molecular flexibility index (Phi) is 7.06. The van der Waals surface area contributed by atoms with Crippen molar-refractivity contribution in [2.75, 3.05) is 36.5 Å². The van der Waals surface area contributed by atoms with Gasteiger partial charge in [0.25, 0.3) is 0 Å². The normalized spacial score (nSPS) is 15.2. The molecule has 0 saturated carbocycles. The van der Waals surface area contributed by atoms with Crippen LogP contribution in [0.5, 0.6) is 0 Å². The minimum Gasteiger partial charge on any atom is -0.325 e. The average molecular weight is 402 g/mol. The first-order valence-corrected chi connectivity index (χ1v) is 10.5. The fourth-order valence-electron chi connectivity index (χ4n) is 3.27. The molecule has 2 N–H and O–H groups in total. The van der Waals surface area contributed by atoms with Crippen LogP contribution in [-0.4, -0.2) is 42.6 Å². The lowest BCUT2D eigenvalue weighted by molar-refractivity contribution is -0.121. The molecule has 1 saturated heterocycles. The van der Waals surface area contributed by atoms with E-state index in [1.54, 1.807) is 11.8 Å². The lowest BCUT2D eigenvalue weighted by atomic mass is 9.96. The second kappa shape index (κ2) is 9.71. The minimum absolute atomic E-state index is 0.0388. The summed E-state index contributed by atoms with van der Waals surface area (Å²) in [5.41, 5.74) is 1.43. The molecule has 28 heavy (non-hydrogen) atoms. The van der Waals surface area contributed by atoms with Crippen LogP contribution < -0.4 is 10.6 Å². The van der Waals surface area contributed by atoms with Crippen LogP contribution in [0.4, 0.5) is 15.8 Å². The third kappa shape index (κ3) is 5.56. The molecule has 0 atom stereocenters. The number of anilines is 2. The summed E-state index contributed by atoms with van der Waals surface area (Å²) in [5, 5.41) is 5.80. The van der Waals surface area contributed by atoms with Gasteiger partial charge >= 0.3 is 0 Å². The van der Waals surface area contributed by atoms with E-state index in [0.29, 0.717) is 18.8 Å². The molecule has 1 heterocycles. The molecule has 1 aliphatic rings. The molecular weight excluding hydrogens is 377 g/mol. The zero-order valence-electron chi connectivity index (χ0n) is 15.8. The van der Waals surface area contributed by atoms with Crippen LogP contribution in [0.2, 0.25) is 0 Å². The summed E-state index contributed by atoms with van der Waals surface area (Å²) < 4.78 is 12.9. The number of rotatable bonds is 6. The largest absolute Gasteiger partial charge is 0.325 e. The Morgan fingerprint density at radius 3 is 2.43 bits per heavy atom. The van der Waals surface area contributed by atoms with Crippen molar-refractivity contribution in [2.45, 2.75) is 17.7 Å². The van der Waals surface area contributed by atoms with Crippen LogP contribution in [-0.2, 0) is 9.59 Å². The first-order valence-electron chi connectivity index (χ1n) is 9.27. The molecule has 3 rings (SSSR count). The van der Waals surface area contributed by atoms with Gasteiger partial charge in [0.15, 0.2) is 0 Å². The summed E-state index contributed by atoms with van der Waals surface area (Å²) >= 11 is 1.60. The standard InChI is InChI=1S/C21H24FN3O2S/c1-28-19-5-3-2-4-18(19)24-21(27)15-10-12-25(13-11-15)14-20(26)23-17-8-6-16(22)7-9-17/h2-9,15H,10-14H2,1H3,(H,23,26)(H,24,27). The molecule has 2 amide bonds. The fourth-order valence-corrected chi connectivity index (χ4v) is 3.83. The minimum atomic E-state index is -0.335. The number of piperidine rings is 1. The third-order valence-electron chi connectivity index (χ3n) is 4.82. The first kappa shape index (κ1) is 20.4. The zero-order valence-corrected chi connectivity index (χ0v) is 16.6. The third-order valence-corrected chi connectivity index (χ3v) is 5.61. The van der Waals surface area contributed by atoms with E-state index in [2.05, 4.69) is 10.6 Å². The summed E-state index contributed by atoms with van der Waals surface area (Å²) in [6.45, 7) is 1.65. The van der Waals surface area contributed by atoms with Crippen LogP contribution in [0.1, 0.15) is 12.8 Å². The van der Waals surface area contributed by atoms with Gasteiger partial charge in [0.1, 0.15) is 5.82 Å². The molecule has 148 valence electrons. The maximum Gasteiger partial charge on any atom is 0.238 e. The molecule has 0 spiro atoms. The van der Waals surface area contributed by atoms with Crippen molar-refractivity contribution in [3.8, 4) is 0 Å². The Hall–Kier alpha value is -2.38. The summed E-state index contributed by atoms with van der Waals surface area (Å²) in [4.78, 5) is 27.8. The molecule has 2 aromatic carbocycles. The molecule has 0 unspecified atom stereocenters. The number of benzene rings is 2. The Labute approximate surface area is 168 Å². The van der Waals surface area contributed by atoms with Crippen molar-refractivity contribution < 1.29 is 14.0 Å². The van der Waals surface area contributed by atoms with Crippen LogP contribution in [0, 0.1) is 11.7 Å². The number of nitrogens with one attached hydrogen (secondary N) is 2. The number of carbonyl (C=O) groups is 2. The Morgan fingerprint density at radius 2 is 1.75 bits per heavy atom. The number of halogens is 1. The number of hydrogen-bond donors (Lipinski definition) is 2. The van der Waals surface area contributed by atoms with Crippen LogP contribution in [0.3, 0.4) is 0 Å². The predicted molar refractivity (Wildman–Crippen MR) is 111 cm³/mol. The lowest BCUT2D eigenvalue weighted by Crippen LogP contribution is -2.41. The number of nitrogens with zero attached hydrogens (tertiary/aromatic N) is 1. The van der Waals surface area contributed by atoms with E-state index in [9.17, 15) is 14.0 Å². The monoisotopic (exact) mass is 401 g/mol. The highest BCUT2D eigenvalue weighted by Gasteiger charge is 2.26. The molecule has 1 fully saturated rings. The summed E-state index contributed by atoms with van der Waals surface area (Å²) in [6.07, 6.45) is 3.43. The van der Waals surface area contributed by atoms with Crippen molar-refractivity contribution in [3.63, 3.8) is 0 Å². The predicted octanol–water partition coefficient (Wildman–Crippen LogP) is 3.84. The van der Waals surface area contributed by atoms with E-state index < -0.39 is 0 Å². The quantitative estimate of drug-likeness (QED) is 0.722. The first-order chi connectivity index (χ1) is 13.5. The molecular formula is C21H24FN3O2S. The molecule has 0 radical (unpaired) electrons. The van der Waals surface area contributed by atoms with Crippen molar-refractivity contribution in [2.24, 2.45) is 5.92 Å². The highest BCUT2D eigenvalue weighted by Crippen LogP contribution is 2.26. The van der Waals surface area contributed by atoms with Gasteiger partial charge in [-0.1, -0.05) is 12.1 Å². The Balaban J connectivity index is 1.45. The van der Waals surface area contributed by atoms with Crippen molar-refractivity contribution >= 4 is 35.0 Å². The summed E-state index contributed by atoms with van der Waals surface area (Å²) in [6, 6.07) is 13.5. The molecule has 5 nitrogen and oxygen atoms in total. The highest BCUT2D eigenvalue weighted by atomic mass is 32.2. The number of hydrogen-bond acceptors (Lipinski definition) is 4. The maximum atomic E-state index is 12.9. The van der Waals surface area contributed by atoms with Crippen molar-refractivity contribution in [3.05, 3.63) is 54.3 Å². The van der Waals surface area contributed by atoms with Gasteiger partial charge in [0.05, 0.1) is 12.2 Å². The average Bonchev–Trinajstić information content (AvgIpc) is 2.70. The number of carbonyl (C=O) groups excluding carboxylic acids is 2. The van der Waals surface area contributed by atoms with Gasteiger partial charge in [-0.2, -0.15) is 0 Å². The number of likely N-dealkylation sites (tertiary alicyclic amines) is 1. The Bertz CT molecular complexity index is 821. The molecule has 2 aromatic rings. The van der Waals surface area contributed by atoms with Gasteiger partial charge in [-0.25, -0.2) is 4.39 Å². The zero-order chi connectivity index (χ0) is 19.9. The van der Waals surface area contributed by atoms with Crippen molar-refractivity contribution in [1.82, 2.24) is 4.90 Å². The molecule has 0 bridgehead atoms. The highest BCUT2D eigenvalue weighted by molar-refractivity contribution is 7.98. The van der Waals surface area contributed by atoms with Gasteiger partial charge in [-0.05, 0) is 68.6 Å². The van der Waals surface area contributed by atoms with E-state index >= 15 is 0 Å². The van der Waals surface area contributed by atoms with Crippen LogP contribution in [0.15, 0.2) is 53.4 Å². The molecule has 7 heteroatoms. The summed E-state index contributed by atoms with van der Waals surface area (Å²) in [5.74, 6) is -0.481. The lowest BCUT2D eigenvalue weighted by Gasteiger charge is -2.30. The fraction of sp³-hybridized carbons (Fsp3) is 0.333. The van der Waals surface area contributed by atoms with E-state index in [1.165, 1.54) is 24.3 Å². The molecule has 1 aliphatic heterocycles. The number of para-hydroxylation sites is 1. The maximum absolute atomic E-state index is 12.9. The van der Waals surface area contributed by atoms with E-state index in [4.69, 9.17) is 0 Å². The summed E-state index contributed by atoms with van der Waals surface area (Å²) in [7, 11) is 0. The van der Waals surface area contributed by atoms with Gasteiger partial charge in [0, 0.05) is 16.5 Å². The van der Waals surface area contributed by atoms with Crippen molar-refractivity contribution in [1.29, 1.82) is 0 Å². The second-order valence-electron chi connectivity index (χ2n) is 6.80. The van der Waals surface area contributed by atoms with Gasteiger partial charge < -0.3 is 10.6 Å². The SMILES string of the molecule is CSc1ccccc1NC(=O)C1CCN(CC(=O)Nc2ccc(F)cc2)CC1. The van der Waals surface area contributed by atoms with E-state index in [0.717, 1.165) is 23.4 Å².